The van der Waals surface area contributed by atoms with Gasteiger partial charge in [-0.15, -0.1) is 0 Å². The van der Waals surface area contributed by atoms with E-state index in [9.17, 15) is 0 Å². The van der Waals surface area contributed by atoms with Gasteiger partial charge in [-0.25, -0.2) is 4.98 Å². The number of nitrogens with one attached hydrogen (secondary N) is 2. The highest BCUT2D eigenvalue weighted by Gasteiger charge is 2.07. The van der Waals surface area contributed by atoms with Gasteiger partial charge in [-0.3, -0.25) is 0 Å². The molecule has 0 bridgehead atoms. The largest absolute Gasteiger partial charge is 0.372 e. The van der Waals surface area contributed by atoms with Crippen molar-refractivity contribution in [2.75, 3.05) is 17.7 Å². The smallest absolute Gasteiger partial charge is 0.229 e. The number of rotatable bonds is 3. The van der Waals surface area contributed by atoms with E-state index in [4.69, 9.17) is 23.2 Å². The first-order chi connectivity index (χ1) is 10.2. The number of para-hydroxylation sites is 1. The zero-order valence-corrected chi connectivity index (χ0v) is 12.7. The monoisotopic (exact) mass is 318 g/mol. The van der Waals surface area contributed by atoms with Gasteiger partial charge >= 0.3 is 0 Å². The van der Waals surface area contributed by atoms with Crippen LogP contribution >= 0.6 is 23.2 Å². The summed E-state index contributed by atoms with van der Waals surface area (Å²) in [6.07, 6.45) is 0. The van der Waals surface area contributed by atoms with Crippen LogP contribution in [0.4, 0.5) is 17.5 Å². The second kappa shape index (κ2) is 5.76. The molecule has 3 rings (SSSR count). The fraction of sp³-hybridized carbons (Fsp3) is 0.0667. The Morgan fingerprint density at radius 1 is 0.952 bits per heavy atom. The Kier molecular flexibility index (Phi) is 3.82. The van der Waals surface area contributed by atoms with E-state index in [0.29, 0.717) is 16.0 Å². The summed E-state index contributed by atoms with van der Waals surface area (Å²) >= 11 is 11.9. The van der Waals surface area contributed by atoms with Gasteiger partial charge in [-0.2, -0.15) is 4.98 Å². The van der Waals surface area contributed by atoms with Gasteiger partial charge in [0.25, 0.3) is 0 Å². The van der Waals surface area contributed by atoms with Gasteiger partial charge < -0.3 is 10.6 Å². The van der Waals surface area contributed by atoms with Crippen molar-refractivity contribution in [2.24, 2.45) is 0 Å². The van der Waals surface area contributed by atoms with Crippen LogP contribution in [-0.2, 0) is 0 Å². The van der Waals surface area contributed by atoms with Gasteiger partial charge in [-0.05, 0) is 30.3 Å². The third-order valence-corrected chi connectivity index (χ3v) is 3.75. The van der Waals surface area contributed by atoms with Crippen molar-refractivity contribution in [1.29, 1.82) is 0 Å². The normalized spacial score (nSPS) is 10.6. The van der Waals surface area contributed by atoms with Crippen LogP contribution in [0, 0.1) is 0 Å². The fourth-order valence-electron chi connectivity index (χ4n) is 2.03. The minimum Gasteiger partial charge on any atom is -0.372 e. The molecule has 0 radical (unpaired) electrons. The van der Waals surface area contributed by atoms with Crippen LogP contribution in [0.25, 0.3) is 10.9 Å². The van der Waals surface area contributed by atoms with E-state index < -0.39 is 0 Å². The molecule has 1 aromatic heterocycles. The van der Waals surface area contributed by atoms with Crippen molar-refractivity contribution >= 4 is 51.6 Å². The highest BCUT2D eigenvalue weighted by molar-refractivity contribution is 6.42. The van der Waals surface area contributed by atoms with E-state index in [1.807, 2.05) is 37.4 Å². The molecule has 0 fully saturated rings. The highest BCUT2D eigenvalue weighted by Crippen LogP contribution is 2.27. The molecule has 0 amide bonds. The number of nitrogens with zero attached hydrogens (tertiary/aromatic N) is 2. The predicted molar refractivity (Wildman–Crippen MR) is 88.8 cm³/mol. The lowest BCUT2D eigenvalue weighted by atomic mass is 10.2. The number of benzene rings is 2. The molecule has 2 N–H and O–H groups in total. The van der Waals surface area contributed by atoms with Crippen LogP contribution in [0.1, 0.15) is 0 Å². The molecule has 6 heteroatoms. The first kappa shape index (κ1) is 13.9. The molecule has 21 heavy (non-hydrogen) atoms. The van der Waals surface area contributed by atoms with E-state index in [1.165, 1.54) is 0 Å². The Morgan fingerprint density at radius 2 is 1.76 bits per heavy atom. The lowest BCUT2D eigenvalue weighted by Gasteiger charge is -2.10. The molecule has 0 spiro atoms. The predicted octanol–water partition coefficient (Wildman–Crippen LogP) is 4.72. The summed E-state index contributed by atoms with van der Waals surface area (Å²) < 4.78 is 0. The number of hydrogen-bond acceptors (Lipinski definition) is 4. The number of fused-ring (bicyclic) bond motifs is 1. The molecule has 0 atom stereocenters. The van der Waals surface area contributed by atoms with Gasteiger partial charge in [0.05, 0.1) is 15.6 Å². The van der Waals surface area contributed by atoms with Crippen LogP contribution in [0.15, 0.2) is 42.5 Å². The Hall–Kier alpha value is -2.04. The Labute approximate surface area is 132 Å². The summed E-state index contributed by atoms with van der Waals surface area (Å²) in [6, 6.07) is 13.1. The summed E-state index contributed by atoms with van der Waals surface area (Å²) in [5.74, 6) is 1.26. The number of hydrogen-bond donors (Lipinski definition) is 2. The molecule has 0 aliphatic carbocycles. The first-order valence-electron chi connectivity index (χ1n) is 6.34. The average molecular weight is 319 g/mol. The van der Waals surface area contributed by atoms with E-state index >= 15 is 0 Å². The van der Waals surface area contributed by atoms with Crippen molar-refractivity contribution < 1.29 is 0 Å². The van der Waals surface area contributed by atoms with Crippen molar-refractivity contribution in [3.8, 4) is 0 Å². The SMILES string of the molecule is CNc1nc(Nc2ccc(Cl)c(Cl)c2)nc2ccccc12. The number of halogens is 2. The molecular formula is C15H12Cl2N4. The van der Waals surface area contributed by atoms with Crippen molar-refractivity contribution in [1.82, 2.24) is 9.97 Å². The Balaban J connectivity index is 2.02. The standard InChI is InChI=1S/C15H12Cl2N4/c1-18-14-10-4-2-3-5-13(10)20-15(21-14)19-9-6-7-11(16)12(17)8-9/h2-8H,1H3,(H2,18,19,20,21). The third-order valence-electron chi connectivity index (χ3n) is 3.02. The van der Waals surface area contributed by atoms with Crippen molar-refractivity contribution in [3.63, 3.8) is 0 Å². The van der Waals surface area contributed by atoms with Crippen LogP contribution in [0.3, 0.4) is 0 Å². The van der Waals surface area contributed by atoms with Gasteiger partial charge in [0, 0.05) is 18.1 Å². The second-order valence-corrected chi connectivity index (χ2v) is 5.23. The second-order valence-electron chi connectivity index (χ2n) is 4.42. The minimum atomic E-state index is 0.483. The quantitative estimate of drug-likeness (QED) is 0.733. The van der Waals surface area contributed by atoms with Crippen molar-refractivity contribution in [3.05, 3.63) is 52.5 Å². The molecule has 0 unspecified atom stereocenters. The molecule has 4 nitrogen and oxygen atoms in total. The van der Waals surface area contributed by atoms with E-state index in [-0.39, 0.29) is 0 Å². The molecule has 1 heterocycles. The van der Waals surface area contributed by atoms with Gasteiger partial charge in [0.1, 0.15) is 5.82 Å². The summed E-state index contributed by atoms with van der Waals surface area (Å²) in [4.78, 5) is 8.95. The number of aromatic nitrogens is 2. The molecule has 3 aromatic rings. The third kappa shape index (κ3) is 2.86. The molecule has 0 saturated heterocycles. The maximum Gasteiger partial charge on any atom is 0.229 e. The van der Waals surface area contributed by atoms with Crippen molar-refractivity contribution in [2.45, 2.75) is 0 Å². The molecule has 106 valence electrons. The summed E-state index contributed by atoms with van der Waals surface area (Å²) in [5.41, 5.74) is 1.64. The summed E-state index contributed by atoms with van der Waals surface area (Å²) in [6.45, 7) is 0. The van der Waals surface area contributed by atoms with Crippen LogP contribution < -0.4 is 10.6 Å². The Bertz CT molecular complexity index is 805. The molecule has 0 aliphatic rings. The molecule has 0 saturated carbocycles. The zero-order chi connectivity index (χ0) is 14.8. The first-order valence-corrected chi connectivity index (χ1v) is 7.09. The van der Waals surface area contributed by atoms with E-state index in [0.717, 1.165) is 22.4 Å². The molecule has 2 aromatic carbocycles. The molecule has 0 aliphatic heterocycles. The number of anilines is 3. The van der Waals surface area contributed by atoms with Crippen LogP contribution in [0.5, 0.6) is 0 Å². The Morgan fingerprint density at radius 3 is 2.52 bits per heavy atom. The van der Waals surface area contributed by atoms with E-state index in [2.05, 4.69) is 20.6 Å². The van der Waals surface area contributed by atoms with E-state index in [1.54, 1.807) is 12.1 Å². The van der Waals surface area contributed by atoms with Gasteiger partial charge in [0.15, 0.2) is 0 Å². The lowest BCUT2D eigenvalue weighted by molar-refractivity contribution is 1.20. The maximum absolute atomic E-state index is 6.01. The highest BCUT2D eigenvalue weighted by atomic mass is 35.5. The summed E-state index contributed by atoms with van der Waals surface area (Å²) in [7, 11) is 1.83. The average Bonchev–Trinajstić information content (AvgIpc) is 2.50. The van der Waals surface area contributed by atoms with Gasteiger partial charge in [-0.1, -0.05) is 35.3 Å². The van der Waals surface area contributed by atoms with Crippen LogP contribution in [-0.4, -0.2) is 17.0 Å². The topological polar surface area (TPSA) is 49.8 Å². The fourth-order valence-corrected chi connectivity index (χ4v) is 2.32. The van der Waals surface area contributed by atoms with Gasteiger partial charge in [0.2, 0.25) is 5.95 Å². The molecular weight excluding hydrogens is 307 g/mol. The lowest BCUT2D eigenvalue weighted by Crippen LogP contribution is -2.02. The zero-order valence-electron chi connectivity index (χ0n) is 11.2. The summed E-state index contributed by atoms with van der Waals surface area (Å²) in [5, 5.41) is 8.18. The minimum absolute atomic E-state index is 0.483. The maximum atomic E-state index is 6.01. The van der Waals surface area contributed by atoms with Crippen LogP contribution in [0.2, 0.25) is 10.0 Å².